The third-order valence-electron chi connectivity index (χ3n) is 3.40. The average molecular weight is 233 g/mol. The molecule has 0 unspecified atom stereocenters. The second-order valence-corrected chi connectivity index (χ2v) is 4.51. The van der Waals surface area contributed by atoms with Crippen LogP contribution >= 0.6 is 0 Å². The first kappa shape index (κ1) is 11.9. The molecule has 1 fully saturated rings. The number of aromatic nitrogens is 1. The van der Waals surface area contributed by atoms with Gasteiger partial charge < -0.3 is 10.6 Å². The van der Waals surface area contributed by atoms with Gasteiger partial charge in [-0.2, -0.15) is 0 Å². The van der Waals surface area contributed by atoms with Gasteiger partial charge in [0.15, 0.2) is 0 Å². The zero-order valence-electron chi connectivity index (χ0n) is 10.2. The lowest BCUT2D eigenvalue weighted by atomic mass is 9.83. The predicted octanol–water partition coefficient (Wildman–Crippen LogP) is 2.04. The molecule has 1 aromatic heterocycles. The van der Waals surface area contributed by atoms with Crippen LogP contribution in [0.15, 0.2) is 18.5 Å². The van der Waals surface area contributed by atoms with Crippen LogP contribution in [0.1, 0.15) is 36.0 Å². The summed E-state index contributed by atoms with van der Waals surface area (Å²) in [5.74, 6) is 0.787. The minimum atomic E-state index is -0.0400. The fourth-order valence-corrected chi connectivity index (χ4v) is 2.06. The molecule has 17 heavy (non-hydrogen) atoms. The fourth-order valence-electron chi connectivity index (χ4n) is 2.06. The van der Waals surface area contributed by atoms with Gasteiger partial charge in [0.25, 0.3) is 5.91 Å². The third kappa shape index (κ3) is 2.96. The van der Waals surface area contributed by atoms with Crippen LogP contribution in [0.25, 0.3) is 0 Å². The van der Waals surface area contributed by atoms with Crippen LogP contribution in [0.5, 0.6) is 0 Å². The van der Waals surface area contributed by atoms with Gasteiger partial charge in [-0.25, -0.2) is 0 Å². The van der Waals surface area contributed by atoms with E-state index in [-0.39, 0.29) is 5.91 Å². The smallest absolute Gasteiger partial charge is 0.254 e. The highest BCUT2D eigenvalue weighted by atomic mass is 16.1. The highest BCUT2D eigenvalue weighted by Crippen LogP contribution is 2.28. The lowest BCUT2D eigenvalue weighted by molar-refractivity contribution is 0.0949. The first-order valence-electron chi connectivity index (χ1n) is 6.21. The normalized spacial score (nSPS) is 15.1. The van der Waals surface area contributed by atoms with E-state index in [0.29, 0.717) is 5.56 Å². The van der Waals surface area contributed by atoms with E-state index in [4.69, 9.17) is 0 Å². The molecule has 4 nitrogen and oxygen atoms in total. The predicted molar refractivity (Wildman–Crippen MR) is 68.1 cm³/mol. The van der Waals surface area contributed by atoms with Gasteiger partial charge in [-0.3, -0.25) is 9.78 Å². The zero-order valence-corrected chi connectivity index (χ0v) is 10.2. The SMILES string of the molecule is CNc1ccncc1C(=O)NCCC1CCC1. The number of rotatable bonds is 5. The van der Waals surface area contributed by atoms with E-state index in [1.54, 1.807) is 25.5 Å². The summed E-state index contributed by atoms with van der Waals surface area (Å²) in [6.45, 7) is 0.765. The highest BCUT2D eigenvalue weighted by Gasteiger charge is 2.17. The number of pyridine rings is 1. The lowest BCUT2D eigenvalue weighted by Gasteiger charge is -2.25. The Kier molecular flexibility index (Phi) is 3.96. The van der Waals surface area contributed by atoms with Crippen molar-refractivity contribution in [1.82, 2.24) is 10.3 Å². The molecule has 0 bridgehead atoms. The number of amides is 1. The molecule has 1 aromatic rings. The molecule has 0 atom stereocenters. The van der Waals surface area contributed by atoms with E-state index in [0.717, 1.165) is 24.6 Å². The van der Waals surface area contributed by atoms with Gasteiger partial charge in [0.1, 0.15) is 0 Å². The van der Waals surface area contributed by atoms with Crippen LogP contribution in [-0.4, -0.2) is 24.5 Å². The largest absolute Gasteiger partial charge is 0.387 e. The van der Waals surface area contributed by atoms with Crippen molar-refractivity contribution in [3.63, 3.8) is 0 Å². The quantitative estimate of drug-likeness (QED) is 0.818. The number of hydrogen-bond donors (Lipinski definition) is 2. The first-order chi connectivity index (χ1) is 8.31. The maximum atomic E-state index is 11.9. The molecular formula is C13H19N3O. The van der Waals surface area contributed by atoms with Gasteiger partial charge in [0, 0.05) is 31.7 Å². The van der Waals surface area contributed by atoms with Crippen molar-refractivity contribution in [2.45, 2.75) is 25.7 Å². The topological polar surface area (TPSA) is 54.0 Å². The lowest BCUT2D eigenvalue weighted by Crippen LogP contribution is -2.28. The first-order valence-corrected chi connectivity index (χ1v) is 6.21. The zero-order chi connectivity index (χ0) is 12.1. The number of nitrogens with zero attached hydrogens (tertiary/aromatic N) is 1. The van der Waals surface area contributed by atoms with Gasteiger partial charge in [-0.05, 0) is 18.4 Å². The Hall–Kier alpha value is -1.58. The molecule has 1 saturated carbocycles. The molecule has 2 N–H and O–H groups in total. The second-order valence-electron chi connectivity index (χ2n) is 4.51. The van der Waals surface area contributed by atoms with Gasteiger partial charge >= 0.3 is 0 Å². The fraction of sp³-hybridized carbons (Fsp3) is 0.538. The van der Waals surface area contributed by atoms with E-state index in [9.17, 15) is 4.79 Å². The van der Waals surface area contributed by atoms with Gasteiger partial charge in [0.2, 0.25) is 0 Å². The molecule has 4 heteroatoms. The molecule has 2 rings (SSSR count). The molecule has 1 heterocycles. The van der Waals surface area contributed by atoms with Crippen molar-refractivity contribution < 1.29 is 4.79 Å². The van der Waals surface area contributed by atoms with E-state index in [1.807, 2.05) is 0 Å². The summed E-state index contributed by atoms with van der Waals surface area (Å²) in [5.41, 5.74) is 1.43. The molecule has 0 saturated heterocycles. The summed E-state index contributed by atoms with van der Waals surface area (Å²) >= 11 is 0. The number of nitrogens with one attached hydrogen (secondary N) is 2. The van der Waals surface area contributed by atoms with Gasteiger partial charge in [0.05, 0.1) is 5.56 Å². The molecule has 1 amide bonds. The van der Waals surface area contributed by atoms with Crippen LogP contribution in [0.2, 0.25) is 0 Å². The van der Waals surface area contributed by atoms with Crippen molar-refractivity contribution in [3.8, 4) is 0 Å². The van der Waals surface area contributed by atoms with E-state index >= 15 is 0 Å². The molecule has 0 aliphatic heterocycles. The maximum Gasteiger partial charge on any atom is 0.254 e. The minimum Gasteiger partial charge on any atom is -0.387 e. The summed E-state index contributed by atoms with van der Waals surface area (Å²) in [6.07, 6.45) is 8.38. The number of hydrogen-bond acceptors (Lipinski definition) is 3. The van der Waals surface area contributed by atoms with Crippen LogP contribution < -0.4 is 10.6 Å². The van der Waals surface area contributed by atoms with Crippen LogP contribution in [0, 0.1) is 5.92 Å². The Labute approximate surface area is 102 Å². The van der Waals surface area contributed by atoms with Gasteiger partial charge in [-0.1, -0.05) is 19.3 Å². The van der Waals surface area contributed by atoms with Crippen LogP contribution in [0.3, 0.4) is 0 Å². The number of carbonyl (C=O) groups is 1. The highest BCUT2D eigenvalue weighted by molar-refractivity contribution is 5.99. The Bertz CT molecular complexity index is 388. The summed E-state index contributed by atoms with van der Waals surface area (Å²) in [7, 11) is 1.81. The molecule has 0 aromatic carbocycles. The Morgan fingerprint density at radius 1 is 1.53 bits per heavy atom. The number of anilines is 1. The van der Waals surface area contributed by atoms with Crippen LogP contribution in [0.4, 0.5) is 5.69 Å². The molecule has 1 aliphatic carbocycles. The molecular weight excluding hydrogens is 214 g/mol. The van der Waals surface area contributed by atoms with Crippen molar-refractivity contribution >= 4 is 11.6 Å². The summed E-state index contributed by atoms with van der Waals surface area (Å²) < 4.78 is 0. The van der Waals surface area contributed by atoms with Gasteiger partial charge in [-0.15, -0.1) is 0 Å². The van der Waals surface area contributed by atoms with Crippen molar-refractivity contribution in [2.24, 2.45) is 5.92 Å². The molecule has 1 aliphatic rings. The van der Waals surface area contributed by atoms with Crippen molar-refractivity contribution in [3.05, 3.63) is 24.0 Å². The van der Waals surface area contributed by atoms with E-state index in [2.05, 4.69) is 15.6 Å². The maximum absolute atomic E-state index is 11.9. The van der Waals surface area contributed by atoms with E-state index < -0.39 is 0 Å². The standard InChI is InChI=1S/C13H19N3O/c1-14-12-6-7-15-9-11(12)13(17)16-8-5-10-3-2-4-10/h6-7,9-10H,2-5,8H2,1H3,(H,14,15)(H,16,17). The number of carbonyl (C=O) groups excluding carboxylic acids is 1. The Morgan fingerprint density at radius 2 is 2.35 bits per heavy atom. The molecule has 0 radical (unpaired) electrons. The van der Waals surface area contributed by atoms with Crippen LogP contribution in [-0.2, 0) is 0 Å². The monoisotopic (exact) mass is 233 g/mol. The Morgan fingerprint density at radius 3 is 3.00 bits per heavy atom. The average Bonchev–Trinajstić information content (AvgIpc) is 2.32. The van der Waals surface area contributed by atoms with E-state index in [1.165, 1.54) is 19.3 Å². The van der Waals surface area contributed by atoms with Crippen molar-refractivity contribution in [1.29, 1.82) is 0 Å². The third-order valence-corrected chi connectivity index (χ3v) is 3.40. The van der Waals surface area contributed by atoms with Crippen molar-refractivity contribution in [2.75, 3.05) is 18.9 Å². The summed E-state index contributed by atoms with van der Waals surface area (Å²) in [6, 6.07) is 1.81. The Balaban J connectivity index is 1.85. The minimum absolute atomic E-state index is 0.0400. The summed E-state index contributed by atoms with van der Waals surface area (Å²) in [4.78, 5) is 15.9. The summed E-state index contributed by atoms with van der Waals surface area (Å²) in [5, 5.41) is 5.95. The second kappa shape index (κ2) is 5.66. The molecule has 0 spiro atoms. The molecule has 92 valence electrons.